The van der Waals surface area contributed by atoms with Gasteiger partial charge in [0, 0.05) is 17.3 Å². The Balaban J connectivity index is 1.82. The molecule has 5 rings (SSSR count). The molecular formula is C27H32N4. The normalized spacial score (nSPS) is 22.0. The first-order chi connectivity index (χ1) is 14.9. The Labute approximate surface area is 186 Å². The molecule has 0 saturated carbocycles. The van der Waals surface area contributed by atoms with E-state index in [2.05, 4.69) is 106 Å². The van der Waals surface area contributed by atoms with E-state index in [1.165, 1.54) is 16.9 Å². The molecule has 2 aromatic carbocycles. The molecule has 160 valence electrons. The van der Waals surface area contributed by atoms with Gasteiger partial charge in [0.1, 0.15) is 6.17 Å². The number of para-hydroxylation sites is 2. The molecule has 0 saturated heterocycles. The minimum atomic E-state index is 0.157. The second-order valence-corrected chi connectivity index (χ2v) is 9.65. The highest BCUT2D eigenvalue weighted by Gasteiger charge is 2.49. The van der Waals surface area contributed by atoms with E-state index in [1.54, 1.807) is 0 Å². The van der Waals surface area contributed by atoms with E-state index in [0.717, 1.165) is 23.0 Å². The van der Waals surface area contributed by atoms with Gasteiger partial charge in [-0.3, -0.25) is 0 Å². The highest BCUT2D eigenvalue weighted by molar-refractivity contribution is 5.86. The average molecular weight is 413 g/mol. The smallest absolute Gasteiger partial charge is 0.178 e. The summed E-state index contributed by atoms with van der Waals surface area (Å²) in [5, 5.41) is 0. The van der Waals surface area contributed by atoms with Crippen molar-refractivity contribution in [2.45, 2.75) is 65.5 Å². The number of aromatic nitrogens is 2. The Morgan fingerprint density at radius 2 is 1.26 bits per heavy atom. The van der Waals surface area contributed by atoms with Crippen molar-refractivity contribution in [2.24, 2.45) is 5.92 Å². The third kappa shape index (κ3) is 2.95. The summed E-state index contributed by atoms with van der Waals surface area (Å²) in [5.74, 6) is 3.50. The molecule has 1 aromatic heterocycles. The number of hydrogen-bond donors (Lipinski definition) is 0. The molecule has 3 aromatic rings. The lowest BCUT2D eigenvalue weighted by atomic mass is 9.81. The van der Waals surface area contributed by atoms with Crippen molar-refractivity contribution < 1.29 is 0 Å². The number of hydrogen-bond acceptors (Lipinski definition) is 4. The van der Waals surface area contributed by atoms with Gasteiger partial charge in [-0.2, -0.15) is 0 Å². The molecule has 2 aliphatic rings. The molecule has 0 N–H and O–H groups in total. The zero-order valence-corrected chi connectivity index (χ0v) is 19.4. The predicted molar refractivity (Wildman–Crippen MR) is 129 cm³/mol. The van der Waals surface area contributed by atoms with E-state index < -0.39 is 0 Å². The molecule has 2 aliphatic heterocycles. The summed E-state index contributed by atoms with van der Waals surface area (Å²) in [6.45, 7) is 13.6. The van der Waals surface area contributed by atoms with Crippen molar-refractivity contribution in [1.29, 1.82) is 0 Å². The van der Waals surface area contributed by atoms with Crippen LogP contribution in [0.4, 0.5) is 23.0 Å². The van der Waals surface area contributed by atoms with Gasteiger partial charge < -0.3 is 9.80 Å². The first kappa shape index (κ1) is 20.0. The van der Waals surface area contributed by atoms with Gasteiger partial charge in [-0.25, -0.2) is 9.97 Å². The highest BCUT2D eigenvalue weighted by atomic mass is 15.5. The Kier molecular flexibility index (Phi) is 4.76. The number of fused-ring (bicyclic) bond motifs is 5. The molecule has 0 aliphatic carbocycles. The summed E-state index contributed by atoms with van der Waals surface area (Å²) in [6.07, 6.45) is 0.157. The molecule has 0 amide bonds. The molecule has 3 atom stereocenters. The maximum absolute atomic E-state index is 5.31. The summed E-state index contributed by atoms with van der Waals surface area (Å²) in [4.78, 5) is 15.5. The topological polar surface area (TPSA) is 32.3 Å². The van der Waals surface area contributed by atoms with E-state index in [-0.39, 0.29) is 6.17 Å². The van der Waals surface area contributed by atoms with Crippen molar-refractivity contribution in [3.05, 3.63) is 71.5 Å². The first-order valence-corrected chi connectivity index (χ1v) is 11.5. The van der Waals surface area contributed by atoms with Gasteiger partial charge in [-0.1, -0.05) is 77.9 Å². The fraction of sp³-hybridized carbons (Fsp3) is 0.407. The predicted octanol–water partition coefficient (Wildman–Crippen LogP) is 7.09. The molecule has 0 radical (unpaired) electrons. The van der Waals surface area contributed by atoms with Crippen LogP contribution in [0.3, 0.4) is 0 Å². The van der Waals surface area contributed by atoms with Gasteiger partial charge >= 0.3 is 0 Å². The lowest BCUT2D eigenvalue weighted by Crippen LogP contribution is -2.48. The van der Waals surface area contributed by atoms with Gasteiger partial charge in [0.05, 0.1) is 11.4 Å². The molecular weight excluding hydrogens is 380 g/mol. The monoisotopic (exact) mass is 412 g/mol. The minimum absolute atomic E-state index is 0.157. The van der Waals surface area contributed by atoms with Crippen LogP contribution in [0.2, 0.25) is 0 Å². The SMILES string of the molecule is CC(C)c1nc2c(nc1C(C)C)N1c3ccccc3C(C)C(C)C1N2c1ccccc1. The lowest BCUT2D eigenvalue weighted by molar-refractivity contribution is 0.385. The maximum Gasteiger partial charge on any atom is 0.178 e. The fourth-order valence-corrected chi connectivity index (χ4v) is 5.21. The summed E-state index contributed by atoms with van der Waals surface area (Å²) in [7, 11) is 0. The van der Waals surface area contributed by atoms with Crippen LogP contribution in [0.1, 0.15) is 76.2 Å². The molecule has 31 heavy (non-hydrogen) atoms. The molecule has 4 heteroatoms. The van der Waals surface area contributed by atoms with Gasteiger partial charge in [-0.15, -0.1) is 0 Å². The van der Waals surface area contributed by atoms with Gasteiger partial charge in [0.15, 0.2) is 11.6 Å². The van der Waals surface area contributed by atoms with E-state index in [4.69, 9.17) is 9.97 Å². The molecule has 0 spiro atoms. The Morgan fingerprint density at radius 1 is 0.710 bits per heavy atom. The second kappa shape index (κ2) is 7.37. The fourth-order valence-electron chi connectivity index (χ4n) is 5.21. The number of anilines is 4. The van der Waals surface area contributed by atoms with Crippen LogP contribution in [0.5, 0.6) is 0 Å². The molecule has 0 fully saturated rings. The Hall–Kier alpha value is -2.88. The molecule has 3 heterocycles. The van der Waals surface area contributed by atoms with Crippen molar-refractivity contribution in [1.82, 2.24) is 9.97 Å². The largest absolute Gasteiger partial charge is 0.302 e. The Morgan fingerprint density at radius 3 is 1.87 bits per heavy atom. The minimum Gasteiger partial charge on any atom is -0.302 e. The number of benzene rings is 2. The molecule has 3 unspecified atom stereocenters. The zero-order chi connectivity index (χ0) is 21.9. The van der Waals surface area contributed by atoms with Gasteiger partial charge in [0.2, 0.25) is 0 Å². The van der Waals surface area contributed by atoms with E-state index in [9.17, 15) is 0 Å². The summed E-state index contributed by atoms with van der Waals surface area (Å²) in [6, 6.07) is 19.5. The highest BCUT2D eigenvalue weighted by Crippen LogP contribution is 2.55. The van der Waals surface area contributed by atoms with Crippen molar-refractivity contribution in [3.63, 3.8) is 0 Å². The Bertz CT molecular complexity index is 1110. The van der Waals surface area contributed by atoms with Crippen molar-refractivity contribution >= 4 is 23.0 Å². The zero-order valence-electron chi connectivity index (χ0n) is 19.4. The van der Waals surface area contributed by atoms with Crippen molar-refractivity contribution in [3.8, 4) is 0 Å². The van der Waals surface area contributed by atoms with Crippen LogP contribution in [-0.4, -0.2) is 16.1 Å². The first-order valence-electron chi connectivity index (χ1n) is 11.5. The third-order valence-corrected chi connectivity index (χ3v) is 6.97. The summed E-state index contributed by atoms with van der Waals surface area (Å²) in [5.41, 5.74) is 6.07. The standard InChI is InChI=1S/C27H32N4/c1-16(2)23-24(17(3)4)29-26-25(28-23)30(20-12-8-7-9-13-20)27-19(6)18(5)21-14-10-11-15-22(21)31(26)27/h7-19,27H,1-6H3. The van der Waals surface area contributed by atoms with Crippen LogP contribution < -0.4 is 9.80 Å². The van der Waals surface area contributed by atoms with E-state index in [1.807, 2.05) is 0 Å². The molecule has 0 bridgehead atoms. The van der Waals surface area contributed by atoms with E-state index in [0.29, 0.717) is 23.7 Å². The number of nitrogens with zero attached hydrogens (tertiary/aromatic N) is 4. The van der Waals surface area contributed by atoms with Crippen LogP contribution in [0.15, 0.2) is 54.6 Å². The van der Waals surface area contributed by atoms with Crippen LogP contribution >= 0.6 is 0 Å². The summed E-state index contributed by atoms with van der Waals surface area (Å²) >= 11 is 0. The van der Waals surface area contributed by atoms with Crippen LogP contribution in [0, 0.1) is 5.92 Å². The van der Waals surface area contributed by atoms with Gasteiger partial charge in [0.25, 0.3) is 0 Å². The summed E-state index contributed by atoms with van der Waals surface area (Å²) < 4.78 is 0. The van der Waals surface area contributed by atoms with Crippen molar-refractivity contribution in [2.75, 3.05) is 9.80 Å². The van der Waals surface area contributed by atoms with E-state index >= 15 is 0 Å². The van der Waals surface area contributed by atoms with Gasteiger partial charge in [-0.05, 0) is 41.5 Å². The lowest BCUT2D eigenvalue weighted by Gasteiger charge is -2.44. The quantitative estimate of drug-likeness (QED) is 0.459. The second-order valence-electron chi connectivity index (χ2n) is 9.65. The van der Waals surface area contributed by atoms with Crippen LogP contribution in [0.25, 0.3) is 0 Å². The average Bonchev–Trinajstić information content (AvgIpc) is 3.11. The third-order valence-electron chi connectivity index (χ3n) is 6.97. The number of rotatable bonds is 3. The van der Waals surface area contributed by atoms with Crippen LogP contribution in [-0.2, 0) is 0 Å². The maximum atomic E-state index is 5.31. The molecule has 4 nitrogen and oxygen atoms in total.